The summed E-state index contributed by atoms with van der Waals surface area (Å²) in [6.45, 7) is 0. The highest BCUT2D eigenvalue weighted by atomic mass is 79.9. The molecule has 1 aliphatic carbocycles. The summed E-state index contributed by atoms with van der Waals surface area (Å²) in [7, 11) is 0. The summed E-state index contributed by atoms with van der Waals surface area (Å²) >= 11 is 5.11. The van der Waals surface area contributed by atoms with Crippen molar-refractivity contribution in [3.63, 3.8) is 0 Å². The molecule has 0 unspecified atom stereocenters. The van der Waals surface area contributed by atoms with E-state index in [1.165, 1.54) is 30.6 Å². The maximum Gasteiger partial charge on any atom is 0.141 e. The topological polar surface area (TPSA) is 17.1 Å². The number of Topliss-reactive ketones (excluding diaryl/α,β-unsaturated/α-hetero) is 1. The van der Waals surface area contributed by atoms with Crippen LogP contribution in [-0.4, -0.2) is 5.78 Å². The summed E-state index contributed by atoms with van der Waals surface area (Å²) < 4.78 is 1.10. The summed E-state index contributed by atoms with van der Waals surface area (Å²) in [5, 5.41) is 2.05. The van der Waals surface area contributed by atoms with Gasteiger partial charge in [0.05, 0.1) is 0 Å². The highest BCUT2D eigenvalue weighted by molar-refractivity contribution is 9.10. The molecule has 0 radical (unpaired) electrons. The molecule has 0 atom stereocenters. The van der Waals surface area contributed by atoms with E-state index in [1.807, 2.05) is 0 Å². The van der Waals surface area contributed by atoms with Crippen LogP contribution < -0.4 is 0 Å². The van der Waals surface area contributed by atoms with Gasteiger partial charge in [-0.1, -0.05) is 25.7 Å². The minimum atomic E-state index is 0.336. The van der Waals surface area contributed by atoms with Gasteiger partial charge in [0.2, 0.25) is 0 Å². The lowest BCUT2D eigenvalue weighted by Gasteiger charge is -2.11. The van der Waals surface area contributed by atoms with E-state index >= 15 is 0 Å². The van der Waals surface area contributed by atoms with E-state index in [1.54, 1.807) is 11.3 Å². The molecule has 1 fully saturated rings. The van der Waals surface area contributed by atoms with E-state index < -0.39 is 0 Å². The number of ketones is 1. The molecule has 0 saturated heterocycles. The fourth-order valence-corrected chi connectivity index (χ4v) is 3.82. The molecular weight excluding hydrogens is 284 g/mol. The van der Waals surface area contributed by atoms with Crippen molar-refractivity contribution in [2.75, 3.05) is 0 Å². The number of carbonyl (C=O) groups is 1. The first-order chi connectivity index (χ1) is 7.75. The molecule has 0 bridgehead atoms. The monoisotopic (exact) mass is 300 g/mol. The van der Waals surface area contributed by atoms with Crippen LogP contribution in [0.15, 0.2) is 15.9 Å². The smallest absolute Gasteiger partial charge is 0.141 e. The van der Waals surface area contributed by atoms with Gasteiger partial charge in [0.1, 0.15) is 5.78 Å². The Balaban J connectivity index is 1.91. The average molecular weight is 301 g/mol. The standard InChI is InChI=1S/C13H17BrOS/c14-11-7-12(16-9-11)8-13(15)10-5-3-1-2-4-6-10/h7,9-10H,1-6,8H2. The highest BCUT2D eigenvalue weighted by Gasteiger charge is 2.20. The molecule has 88 valence electrons. The van der Waals surface area contributed by atoms with E-state index in [0.717, 1.165) is 17.3 Å². The van der Waals surface area contributed by atoms with Crippen molar-refractivity contribution in [2.24, 2.45) is 5.92 Å². The van der Waals surface area contributed by atoms with Crippen LogP contribution in [0.5, 0.6) is 0 Å². The number of halogens is 1. The Morgan fingerprint density at radius 3 is 2.56 bits per heavy atom. The van der Waals surface area contributed by atoms with E-state index in [2.05, 4.69) is 27.4 Å². The van der Waals surface area contributed by atoms with Gasteiger partial charge < -0.3 is 0 Å². The van der Waals surface area contributed by atoms with Crippen molar-refractivity contribution < 1.29 is 4.79 Å². The van der Waals surface area contributed by atoms with Gasteiger partial charge in [-0.25, -0.2) is 0 Å². The molecule has 16 heavy (non-hydrogen) atoms. The highest BCUT2D eigenvalue weighted by Crippen LogP contribution is 2.26. The van der Waals surface area contributed by atoms with Crippen LogP contribution >= 0.6 is 27.3 Å². The van der Waals surface area contributed by atoms with E-state index in [-0.39, 0.29) is 0 Å². The van der Waals surface area contributed by atoms with Crippen LogP contribution in [0.25, 0.3) is 0 Å². The maximum absolute atomic E-state index is 12.1. The molecule has 1 aliphatic rings. The second-order valence-electron chi connectivity index (χ2n) is 4.56. The first kappa shape index (κ1) is 12.3. The lowest BCUT2D eigenvalue weighted by molar-refractivity contribution is -0.122. The molecule has 0 aromatic carbocycles. The number of hydrogen-bond acceptors (Lipinski definition) is 2. The fraction of sp³-hybridized carbons (Fsp3) is 0.615. The quantitative estimate of drug-likeness (QED) is 0.746. The van der Waals surface area contributed by atoms with Crippen molar-refractivity contribution in [1.29, 1.82) is 0 Å². The van der Waals surface area contributed by atoms with Crippen LogP contribution in [0.3, 0.4) is 0 Å². The molecule has 0 amide bonds. The maximum atomic E-state index is 12.1. The minimum Gasteiger partial charge on any atom is -0.299 e. The molecular formula is C13H17BrOS. The third-order valence-electron chi connectivity index (χ3n) is 3.28. The summed E-state index contributed by atoms with van der Waals surface area (Å²) in [6, 6.07) is 2.07. The summed E-state index contributed by atoms with van der Waals surface area (Å²) in [5.41, 5.74) is 0. The zero-order valence-electron chi connectivity index (χ0n) is 9.38. The predicted octanol–water partition coefficient (Wildman–Crippen LogP) is 4.59. The van der Waals surface area contributed by atoms with Crippen molar-refractivity contribution >= 4 is 33.0 Å². The van der Waals surface area contributed by atoms with Crippen LogP contribution in [0.4, 0.5) is 0 Å². The molecule has 0 aliphatic heterocycles. The van der Waals surface area contributed by atoms with Crippen LogP contribution in [-0.2, 0) is 11.2 Å². The zero-order valence-corrected chi connectivity index (χ0v) is 11.8. The van der Waals surface area contributed by atoms with Gasteiger partial charge in [0, 0.05) is 27.1 Å². The van der Waals surface area contributed by atoms with E-state index in [0.29, 0.717) is 18.1 Å². The third-order valence-corrected chi connectivity index (χ3v) is 4.98. The Morgan fingerprint density at radius 1 is 1.31 bits per heavy atom. The molecule has 1 saturated carbocycles. The van der Waals surface area contributed by atoms with Gasteiger partial charge in [-0.05, 0) is 34.8 Å². The predicted molar refractivity (Wildman–Crippen MR) is 71.9 cm³/mol. The lowest BCUT2D eigenvalue weighted by Crippen LogP contribution is -2.15. The fourth-order valence-electron chi connectivity index (χ4n) is 2.36. The largest absolute Gasteiger partial charge is 0.299 e. The molecule has 0 N–H and O–H groups in total. The van der Waals surface area contributed by atoms with E-state index in [4.69, 9.17) is 0 Å². The molecule has 1 aromatic rings. The van der Waals surface area contributed by atoms with Gasteiger partial charge in [-0.15, -0.1) is 11.3 Å². The lowest BCUT2D eigenvalue weighted by atomic mass is 9.93. The average Bonchev–Trinajstić information content (AvgIpc) is 2.56. The second-order valence-corrected chi connectivity index (χ2v) is 6.47. The van der Waals surface area contributed by atoms with Gasteiger partial charge in [-0.3, -0.25) is 4.79 Å². The molecule has 2 rings (SSSR count). The molecule has 3 heteroatoms. The van der Waals surface area contributed by atoms with Crippen molar-refractivity contribution in [3.8, 4) is 0 Å². The number of hydrogen-bond donors (Lipinski definition) is 0. The van der Waals surface area contributed by atoms with Gasteiger partial charge in [0.25, 0.3) is 0 Å². The Labute approximate surface area is 109 Å². The van der Waals surface area contributed by atoms with Crippen LogP contribution in [0.1, 0.15) is 43.4 Å². The Morgan fingerprint density at radius 2 is 2.00 bits per heavy atom. The Bertz CT molecular complexity index is 351. The van der Waals surface area contributed by atoms with Crippen molar-refractivity contribution in [2.45, 2.75) is 44.9 Å². The first-order valence-corrected chi connectivity index (χ1v) is 7.68. The zero-order chi connectivity index (χ0) is 11.4. The Kier molecular flexibility index (Phi) is 4.59. The van der Waals surface area contributed by atoms with Crippen LogP contribution in [0, 0.1) is 5.92 Å². The van der Waals surface area contributed by atoms with Gasteiger partial charge >= 0.3 is 0 Å². The number of thiophene rings is 1. The first-order valence-electron chi connectivity index (χ1n) is 6.01. The third kappa shape index (κ3) is 3.42. The number of rotatable bonds is 3. The number of carbonyl (C=O) groups excluding carboxylic acids is 1. The second kappa shape index (κ2) is 5.97. The van der Waals surface area contributed by atoms with Crippen LogP contribution in [0.2, 0.25) is 0 Å². The van der Waals surface area contributed by atoms with Gasteiger partial charge in [-0.2, -0.15) is 0 Å². The van der Waals surface area contributed by atoms with Crippen molar-refractivity contribution in [1.82, 2.24) is 0 Å². The van der Waals surface area contributed by atoms with E-state index in [9.17, 15) is 4.79 Å². The minimum absolute atomic E-state index is 0.336. The normalized spacial score (nSPS) is 18.3. The molecule has 1 heterocycles. The molecule has 0 spiro atoms. The van der Waals surface area contributed by atoms with Crippen molar-refractivity contribution in [3.05, 3.63) is 20.8 Å². The summed E-state index contributed by atoms with van der Waals surface area (Å²) in [4.78, 5) is 13.3. The molecule has 1 nitrogen and oxygen atoms in total. The molecule has 1 aromatic heterocycles. The van der Waals surface area contributed by atoms with Gasteiger partial charge in [0.15, 0.2) is 0 Å². The summed E-state index contributed by atoms with van der Waals surface area (Å²) in [6.07, 6.45) is 7.98. The Hall–Kier alpha value is -0.150. The SMILES string of the molecule is O=C(Cc1cc(Br)cs1)C1CCCCCC1. The summed E-state index contributed by atoms with van der Waals surface area (Å²) in [5.74, 6) is 0.791.